The summed E-state index contributed by atoms with van der Waals surface area (Å²) >= 11 is 1.24. The summed E-state index contributed by atoms with van der Waals surface area (Å²) in [7, 11) is 0. The third-order valence-corrected chi connectivity index (χ3v) is 3.31. The second-order valence-corrected chi connectivity index (χ2v) is 4.52. The van der Waals surface area contributed by atoms with E-state index in [2.05, 4.69) is 26.0 Å². The molecule has 0 spiro atoms. The fraction of sp³-hybridized carbons (Fsp3) is 0.250. The van der Waals surface area contributed by atoms with E-state index in [1.807, 2.05) is 17.6 Å². The molecule has 15 heavy (non-hydrogen) atoms. The standard InChI is InChI=1S/C12H13NOS/c1-9-4-3-5-10(2)11(9)8-13-6-7-15-12(13)14/h3-7H,8H2,1-2H3. The molecule has 3 heteroatoms. The van der Waals surface area contributed by atoms with Crippen LogP contribution in [0.4, 0.5) is 0 Å². The Balaban J connectivity index is 2.40. The highest BCUT2D eigenvalue weighted by molar-refractivity contribution is 7.07. The molecule has 1 aromatic heterocycles. The Kier molecular flexibility index (Phi) is 2.73. The van der Waals surface area contributed by atoms with Crippen LogP contribution in [0, 0.1) is 13.8 Å². The van der Waals surface area contributed by atoms with Crippen LogP contribution in [0.5, 0.6) is 0 Å². The van der Waals surface area contributed by atoms with Gasteiger partial charge in [0.25, 0.3) is 0 Å². The van der Waals surface area contributed by atoms with Gasteiger partial charge in [-0.25, -0.2) is 0 Å². The van der Waals surface area contributed by atoms with E-state index in [9.17, 15) is 4.79 Å². The maximum absolute atomic E-state index is 11.4. The van der Waals surface area contributed by atoms with Crippen LogP contribution in [0.1, 0.15) is 16.7 Å². The normalized spacial score (nSPS) is 10.5. The van der Waals surface area contributed by atoms with Crippen molar-refractivity contribution in [1.29, 1.82) is 0 Å². The molecule has 0 saturated carbocycles. The van der Waals surface area contributed by atoms with Gasteiger partial charge in [0, 0.05) is 11.6 Å². The minimum Gasteiger partial charge on any atom is -0.302 e. The summed E-state index contributed by atoms with van der Waals surface area (Å²) < 4.78 is 1.75. The summed E-state index contributed by atoms with van der Waals surface area (Å²) in [5, 5.41) is 1.83. The summed E-state index contributed by atoms with van der Waals surface area (Å²) in [4.78, 5) is 11.5. The highest BCUT2D eigenvalue weighted by Gasteiger charge is 2.04. The molecule has 78 valence electrons. The summed E-state index contributed by atoms with van der Waals surface area (Å²) in [6, 6.07) is 6.21. The van der Waals surface area contributed by atoms with E-state index in [1.54, 1.807) is 4.57 Å². The number of rotatable bonds is 2. The van der Waals surface area contributed by atoms with Gasteiger partial charge in [-0.3, -0.25) is 4.79 Å². The van der Waals surface area contributed by atoms with Crippen molar-refractivity contribution in [2.45, 2.75) is 20.4 Å². The van der Waals surface area contributed by atoms with Crippen LogP contribution >= 0.6 is 11.3 Å². The van der Waals surface area contributed by atoms with E-state index in [1.165, 1.54) is 28.0 Å². The predicted molar refractivity (Wildman–Crippen MR) is 63.6 cm³/mol. The number of hydrogen-bond acceptors (Lipinski definition) is 2. The largest absolute Gasteiger partial charge is 0.307 e. The highest BCUT2D eigenvalue weighted by Crippen LogP contribution is 2.14. The van der Waals surface area contributed by atoms with Crippen molar-refractivity contribution in [2.75, 3.05) is 0 Å². The molecule has 0 aliphatic heterocycles. The number of aromatic nitrogens is 1. The first-order chi connectivity index (χ1) is 7.18. The van der Waals surface area contributed by atoms with Gasteiger partial charge < -0.3 is 4.57 Å². The van der Waals surface area contributed by atoms with Crippen LogP contribution in [-0.2, 0) is 6.54 Å². The van der Waals surface area contributed by atoms with Gasteiger partial charge in [0.15, 0.2) is 0 Å². The molecule has 2 rings (SSSR count). The van der Waals surface area contributed by atoms with Crippen LogP contribution in [0.2, 0.25) is 0 Å². The Morgan fingerprint density at radius 3 is 2.47 bits per heavy atom. The van der Waals surface area contributed by atoms with Crippen molar-refractivity contribution in [2.24, 2.45) is 0 Å². The number of hydrogen-bond donors (Lipinski definition) is 0. The second-order valence-electron chi connectivity index (χ2n) is 3.67. The van der Waals surface area contributed by atoms with Gasteiger partial charge in [0.05, 0.1) is 6.54 Å². The summed E-state index contributed by atoms with van der Waals surface area (Å²) in [5.41, 5.74) is 3.74. The smallest absolute Gasteiger partial charge is 0.302 e. The average Bonchev–Trinajstić information content (AvgIpc) is 2.58. The maximum atomic E-state index is 11.4. The van der Waals surface area contributed by atoms with Gasteiger partial charge in [0.1, 0.15) is 0 Å². The van der Waals surface area contributed by atoms with Crippen molar-refractivity contribution in [3.8, 4) is 0 Å². The van der Waals surface area contributed by atoms with Crippen LogP contribution in [0.15, 0.2) is 34.6 Å². The number of aryl methyl sites for hydroxylation is 2. The SMILES string of the molecule is Cc1cccc(C)c1Cn1ccsc1=O. The monoisotopic (exact) mass is 219 g/mol. The van der Waals surface area contributed by atoms with Gasteiger partial charge >= 0.3 is 4.87 Å². The van der Waals surface area contributed by atoms with E-state index in [4.69, 9.17) is 0 Å². The first-order valence-corrected chi connectivity index (χ1v) is 5.75. The zero-order valence-electron chi connectivity index (χ0n) is 8.86. The molecule has 2 nitrogen and oxygen atoms in total. The zero-order valence-corrected chi connectivity index (χ0v) is 9.67. The Hall–Kier alpha value is -1.35. The lowest BCUT2D eigenvalue weighted by atomic mass is 10.0. The second kappa shape index (κ2) is 4.03. The van der Waals surface area contributed by atoms with Gasteiger partial charge in [-0.2, -0.15) is 0 Å². The molecular formula is C12H13NOS. The summed E-state index contributed by atoms with van der Waals surface area (Å²) in [6.07, 6.45) is 1.85. The van der Waals surface area contributed by atoms with Crippen LogP contribution in [-0.4, -0.2) is 4.57 Å². The van der Waals surface area contributed by atoms with Crippen LogP contribution < -0.4 is 4.87 Å². The Bertz CT molecular complexity index is 504. The zero-order chi connectivity index (χ0) is 10.8. The fourth-order valence-corrected chi connectivity index (χ4v) is 2.26. The quantitative estimate of drug-likeness (QED) is 0.761. The highest BCUT2D eigenvalue weighted by atomic mass is 32.1. The summed E-state index contributed by atoms with van der Waals surface area (Å²) in [6.45, 7) is 4.85. The maximum Gasteiger partial charge on any atom is 0.307 e. The first-order valence-electron chi connectivity index (χ1n) is 4.87. The number of nitrogens with zero attached hydrogens (tertiary/aromatic N) is 1. The molecule has 1 aromatic carbocycles. The van der Waals surface area contributed by atoms with E-state index in [0.29, 0.717) is 6.54 Å². The van der Waals surface area contributed by atoms with Crippen molar-refractivity contribution in [1.82, 2.24) is 4.57 Å². The minimum atomic E-state index is 0.109. The molecule has 0 aliphatic carbocycles. The van der Waals surface area contributed by atoms with Crippen LogP contribution in [0.3, 0.4) is 0 Å². The molecular weight excluding hydrogens is 206 g/mol. The van der Waals surface area contributed by atoms with Crippen molar-refractivity contribution < 1.29 is 0 Å². The molecule has 0 fully saturated rings. The molecule has 0 N–H and O–H groups in total. The van der Waals surface area contributed by atoms with Gasteiger partial charge in [-0.15, -0.1) is 0 Å². The summed E-state index contributed by atoms with van der Waals surface area (Å²) in [5.74, 6) is 0. The van der Waals surface area contributed by atoms with Gasteiger partial charge in [-0.1, -0.05) is 29.5 Å². The molecule has 0 radical (unpaired) electrons. The Morgan fingerprint density at radius 2 is 1.93 bits per heavy atom. The number of thiazole rings is 1. The van der Waals surface area contributed by atoms with Crippen molar-refractivity contribution in [3.05, 3.63) is 56.1 Å². The molecule has 0 unspecified atom stereocenters. The van der Waals surface area contributed by atoms with E-state index in [0.717, 1.165) is 0 Å². The van der Waals surface area contributed by atoms with Crippen LogP contribution in [0.25, 0.3) is 0 Å². The Morgan fingerprint density at radius 1 is 1.27 bits per heavy atom. The minimum absolute atomic E-state index is 0.109. The van der Waals surface area contributed by atoms with Crippen molar-refractivity contribution >= 4 is 11.3 Å². The van der Waals surface area contributed by atoms with E-state index >= 15 is 0 Å². The lowest BCUT2D eigenvalue weighted by molar-refractivity contribution is 0.774. The Labute approximate surface area is 92.8 Å². The van der Waals surface area contributed by atoms with Gasteiger partial charge in [0.2, 0.25) is 0 Å². The van der Waals surface area contributed by atoms with E-state index in [-0.39, 0.29) is 4.87 Å². The molecule has 1 heterocycles. The predicted octanol–water partition coefficient (Wildman–Crippen LogP) is 2.57. The van der Waals surface area contributed by atoms with E-state index < -0.39 is 0 Å². The molecule has 0 amide bonds. The van der Waals surface area contributed by atoms with Gasteiger partial charge in [-0.05, 0) is 30.5 Å². The average molecular weight is 219 g/mol. The lowest BCUT2D eigenvalue weighted by Gasteiger charge is -2.09. The molecule has 2 aromatic rings. The number of benzene rings is 1. The third-order valence-electron chi connectivity index (χ3n) is 2.62. The third kappa shape index (κ3) is 2.02. The van der Waals surface area contributed by atoms with Crippen molar-refractivity contribution in [3.63, 3.8) is 0 Å². The lowest BCUT2D eigenvalue weighted by Crippen LogP contribution is -2.14. The molecule has 0 aliphatic rings. The first kappa shape index (κ1) is 10.2. The molecule has 0 saturated heterocycles. The molecule has 0 bridgehead atoms. The topological polar surface area (TPSA) is 22.0 Å². The fourth-order valence-electron chi connectivity index (χ4n) is 1.68. The molecule has 0 atom stereocenters.